The predicted molar refractivity (Wildman–Crippen MR) is 67.0 cm³/mol. The molecule has 1 aromatic heterocycles. The summed E-state index contributed by atoms with van der Waals surface area (Å²) in [7, 11) is 1.72. The number of aromatic nitrogens is 1. The Bertz CT molecular complexity index is 488. The van der Waals surface area contributed by atoms with E-state index in [9.17, 15) is 0 Å². The minimum Gasteiger partial charge on any atom is -0.496 e. The molecule has 3 heteroatoms. The van der Waals surface area contributed by atoms with Gasteiger partial charge in [0.1, 0.15) is 5.75 Å². The highest BCUT2D eigenvalue weighted by Crippen LogP contribution is 2.30. The van der Waals surface area contributed by atoms with Crippen molar-refractivity contribution in [2.45, 2.75) is 20.4 Å². The lowest BCUT2D eigenvalue weighted by molar-refractivity contribution is 0.408. The van der Waals surface area contributed by atoms with Gasteiger partial charge in [-0.15, -0.1) is 0 Å². The molecule has 0 saturated carbocycles. The van der Waals surface area contributed by atoms with Gasteiger partial charge >= 0.3 is 0 Å². The zero-order valence-corrected chi connectivity index (χ0v) is 10.1. The third kappa shape index (κ3) is 1.78. The van der Waals surface area contributed by atoms with Crippen LogP contribution in [0.1, 0.15) is 18.1 Å². The van der Waals surface area contributed by atoms with Crippen LogP contribution in [0.5, 0.6) is 5.75 Å². The second-order valence-corrected chi connectivity index (χ2v) is 3.92. The monoisotopic (exact) mass is 218 g/mol. The van der Waals surface area contributed by atoms with Crippen molar-refractivity contribution in [1.29, 1.82) is 0 Å². The summed E-state index contributed by atoms with van der Waals surface area (Å²) in [4.78, 5) is 3.27. The molecule has 2 aromatic rings. The van der Waals surface area contributed by atoms with Crippen molar-refractivity contribution in [2.75, 3.05) is 13.7 Å². The molecule has 16 heavy (non-hydrogen) atoms. The van der Waals surface area contributed by atoms with Crippen LogP contribution in [0.3, 0.4) is 0 Å². The molecule has 0 amide bonds. The molecule has 0 aliphatic carbocycles. The van der Waals surface area contributed by atoms with Crippen molar-refractivity contribution in [2.24, 2.45) is 0 Å². The number of benzene rings is 1. The summed E-state index contributed by atoms with van der Waals surface area (Å²) in [6.45, 7) is 6.00. The second-order valence-electron chi connectivity index (χ2n) is 3.92. The molecule has 0 atom stereocenters. The highest BCUT2D eigenvalue weighted by Gasteiger charge is 2.10. The zero-order valence-electron chi connectivity index (χ0n) is 10.1. The van der Waals surface area contributed by atoms with E-state index >= 15 is 0 Å². The maximum Gasteiger partial charge on any atom is 0.124 e. The van der Waals surface area contributed by atoms with E-state index in [-0.39, 0.29) is 0 Å². The van der Waals surface area contributed by atoms with Crippen LogP contribution >= 0.6 is 0 Å². The highest BCUT2D eigenvalue weighted by atomic mass is 16.5. The van der Waals surface area contributed by atoms with Crippen LogP contribution < -0.4 is 10.1 Å². The van der Waals surface area contributed by atoms with E-state index in [0.717, 1.165) is 18.8 Å². The van der Waals surface area contributed by atoms with E-state index in [2.05, 4.69) is 36.3 Å². The van der Waals surface area contributed by atoms with Gasteiger partial charge in [-0.25, -0.2) is 0 Å². The van der Waals surface area contributed by atoms with Crippen LogP contribution in [-0.2, 0) is 6.54 Å². The van der Waals surface area contributed by atoms with Gasteiger partial charge in [-0.1, -0.05) is 6.92 Å². The van der Waals surface area contributed by atoms with E-state index in [0.29, 0.717) is 0 Å². The van der Waals surface area contributed by atoms with Gasteiger partial charge in [-0.3, -0.25) is 0 Å². The summed E-state index contributed by atoms with van der Waals surface area (Å²) in [5.74, 6) is 0.963. The fourth-order valence-corrected chi connectivity index (χ4v) is 2.05. The van der Waals surface area contributed by atoms with Crippen molar-refractivity contribution in [1.82, 2.24) is 10.3 Å². The Morgan fingerprint density at radius 1 is 1.44 bits per heavy atom. The average Bonchev–Trinajstić information content (AvgIpc) is 2.77. The molecular weight excluding hydrogens is 200 g/mol. The zero-order chi connectivity index (χ0) is 11.5. The van der Waals surface area contributed by atoms with Crippen molar-refractivity contribution < 1.29 is 4.74 Å². The molecule has 2 rings (SSSR count). The summed E-state index contributed by atoms with van der Waals surface area (Å²) in [5, 5.41) is 4.59. The summed E-state index contributed by atoms with van der Waals surface area (Å²) in [5.41, 5.74) is 3.65. The fraction of sp³-hybridized carbons (Fsp3) is 0.385. The third-order valence-electron chi connectivity index (χ3n) is 2.88. The predicted octanol–water partition coefficient (Wildman–Crippen LogP) is 2.59. The normalized spacial score (nSPS) is 10.9. The lowest BCUT2D eigenvalue weighted by atomic mass is 10.0. The van der Waals surface area contributed by atoms with E-state index < -0.39 is 0 Å². The summed E-state index contributed by atoms with van der Waals surface area (Å²) in [6, 6.07) is 4.20. The molecule has 0 aliphatic rings. The number of aryl methyl sites for hydroxylation is 1. The number of hydrogen-bond acceptors (Lipinski definition) is 2. The van der Waals surface area contributed by atoms with Crippen molar-refractivity contribution in [3.63, 3.8) is 0 Å². The van der Waals surface area contributed by atoms with Crippen LogP contribution in [0.4, 0.5) is 0 Å². The minimum absolute atomic E-state index is 0.842. The molecule has 0 radical (unpaired) electrons. The molecule has 1 heterocycles. The number of H-pyrrole nitrogens is 1. The van der Waals surface area contributed by atoms with Gasteiger partial charge in [-0.2, -0.15) is 0 Å². The standard InChI is InChI=1S/C13H18N2O/c1-4-14-8-11-10-5-6-15-13(10)9(2)7-12(11)16-3/h5-7,14-15H,4,8H2,1-3H3. The molecule has 2 N–H and O–H groups in total. The van der Waals surface area contributed by atoms with Crippen LogP contribution in [-0.4, -0.2) is 18.6 Å². The van der Waals surface area contributed by atoms with Gasteiger partial charge in [0, 0.05) is 29.2 Å². The number of methoxy groups -OCH3 is 1. The molecular formula is C13H18N2O. The van der Waals surface area contributed by atoms with Gasteiger partial charge < -0.3 is 15.0 Å². The smallest absolute Gasteiger partial charge is 0.124 e. The van der Waals surface area contributed by atoms with Crippen LogP contribution in [0, 0.1) is 6.92 Å². The number of aromatic amines is 1. The molecule has 0 unspecified atom stereocenters. The maximum atomic E-state index is 5.45. The topological polar surface area (TPSA) is 37.0 Å². The van der Waals surface area contributed by atoms with Gasteiger partial charge in [0.05, 0.1) is 7.11 Å². The Labute approximate surface area is 95.8 Å². The van der Waals surface area contributed by atoms with Gasteiger partial charge in [0.2, 0.25) is 0 Å². The first-order valence-electron chi connectivity index (χ1n) is 5.62. The van der Waals surface area contributed by atoms with E-state index in [1.165, 1.54) is 22.0 Å². The van der Waals surface area contributed by atoms with Crippen molar-refractivity contribution in [3.05, 3.63) is 29.5 Å². The molecule has 0 spiro atoms. The Balaban J connectivity index is 2.57. The lowest BCUT2D eigenvalue weighted by Gasteiger charge is -2.12. The Morgan fingerprint density at radius 3 is 2.94 bits per heavy atom. The van der Waals surface area contributed by atoms with Crippen LogP contribution in [0.15, 0.2) is 18.3 Å². The average molecular weight is 218 g/mol. The first-order valence-corrected chi connectivity index (χ1v) is 5.62. The Hall–Kier alpha value is -1.48. The minimum atomic E-state index is 0.842. The Morgan fingerprint density at radius 2 is 2.25 bits per heavy atom. The van der Waals surface area contributed by atoms with Crippen LogP contribution in [0.2, 0.25) is 0 Å². The van der Waals surface area contributed by atoms with Gasteiger partial charge in [0.25, 0.3) is 0 Å². The second kappa shape index (κ2) is 4.58. The molecule has 86 valence electrons. The summed E-state index contributed by atoms with van der Waals surface area (Å²) < 4.78 is 5.45. The lowest BCUT2D eigenvalue weighted by Crippen LogP contribution is -2.13. The molecule has 1 aromatic carbocycles. The number of fused-ring (bicyclic) bond motifs is 1. The molecule has 0 saturated heterocycles. The van der Waals surface area contributed by atoms with E-state index in [1.54, 1.807) is 7.11 Å². The van der Waals surface area contributed by atoms with E-state index in [1.807, 2.05) is 6.20 Å². The maximum absolute atomic E-state index is 5.45. The molecule has 0 aliphatic heterocycles. The first-order chi connectivity index (χ1) is 7.77. The number of ether oxygens (including phenoxy) is 1. The van der Waals surface area contributed by atoms with Gasteiger partial charge in [-0.05, 0) is 31.2 Å². The fourth-order valence-electron chi connectivity index (χ4n) is 2.05. The summed E-state index contributed by atoms with van der Waals surface area (Å²) in [6.07, 6.45) is 1.98. The SMILES string of the molecule is CCNCc1c(OC)cc(C)c2[nH]ccc12. The van der Waals surface area contributed by atoms with Gasteiger partial charge in [0.15, 0.2) is 0 Å². The number of rotatable bonds is 4. The third-order valence-corrected chi connectivity index (χ3v) is 2.88. The van der Waals surface area contributed by atoms with Crippen molar-refractivity contribution in [3.8, 4) is 5.75 Å². The number of nitrogens with one attached hydrogen (secondary N) is 2. The molecule has 0 fully saturated rings. The largest absolute Gasteiger partial charge is 0.496 e. The first kappa shape index (κ1) is 11.0. The number of hydrogen-bond donors (Lipinski definition) is 2. The Kier molecular flexibility index (Phi) is 3.15. The molecule has 0 bridgehead atoms. The quantitative estimate of drug-likeness (QED) is 0.827. The van der Waals surface area contributed by atoms with E-state index in [4.69, 9.17) is 4.74 Å². The summed E-state index contributed by atoms with van der Waals surface area (Å²) >= 11 is 0. The molecule has 3 nitrogen and oxygen atoms in total. The van der Waals surface area contributed by atoms with Crippen molar-refractivity contribution >= 4 is 10.9 Å². The highest BCUT2D eigenvalue weighted by molar-refractivity contribution is 5.88. The van der Waals surface area contributed by atoms with Crippen LogP contribution in [0.25, 0.3) is 10.9 Å².